The number of rotatable bonds is 6. The summed E-state index contributed by atoms with van der Waals surface area (Å²) >= 11 is 0. The van der Waals surface area contributed by atoms with E-state index in [-0.39, 0.29) is 11.9 Å². The first-order valence-electron chi connectivity index (χ1n) is 7.72. The van der Waals surface area contributed by atoms with Crippen molar-refractivity contribution in [2.45, 2.75) is 25.3 Å². The standard InChI is InChI=1S/C17H21N3O2/c21-17(12-15-6-9-18-19-15)20(16-8-11-22-13-16)10-7-14-4-2-1-3-5-14/h1-6,9,16H,7-8,10-13H2,(H,18,19)/t16-/m1/s1. The van der Waals surface area contributed by atoms with Crippen LogP contribution >= 0.6 is 0 Å². The van der Waals surface area contributed by atoms with Gasteiger partial charge in [0.2, 0.25) is 5.91 Å². The van der Waals surface area contributed by atoms with Crippen LogP contribution in [0.2, 0.25) is 0 Å². The summed E-state index contributed by atoms with van der Waals surface area (Å²) in [6, 6.07) is 12.3. The summed E-state index contributed by atoms with van der Waals surface area (Å²) in [6.07, 6.45) is 3.83. The Kier molecular flexibility index (Phi) is 4.85. The van der Waals surface area contributed by atoms with Crippen LogP contribution < -0.4 is 0 Å². The highest BCUT2D eigenvalue weighted by Crippen LogP contribution is 2.15. The number of nitrogens with zero attached hydrogens (tertiary/aromatic N) is 2. The fraction of sp³-hybridized carbons (Fsp3) is 0.412. The second-order valence-corrected chi connectivity index (χ2v) is 5.60. The molecule has 1 aromatic heterocycles. The van der Waals surface area contributed by atoms with Gasteiger partial charge in [0.25, 0.3) is 0 Å². The Balaban J connectivity index is 1.65. The van der Waals surface area contributed by atoms with Crippen LogP contribution in [-0.2, 0) is 22.4 Å². The summed E-state index contributed by atoms with van der Waals surface area (Å²) in [5, 5.41) is 6.76. The lowest BCUT2D eigenvalue weighted by Gasteiger charge is -2.28. The third kappa shape index (κ3) is 3.74. The van der Waals surface area contributed by atoms with Crippen molar-refractivity contribution in [2.24, 2.45) is 0 Å². The van der Waals surface area contributed by atoms with Crippen LogP contribution in [-0.4, -0.2) is 46.8 Å². The maximum atomic E-state index is 12.6. The van der Waals surface area contributed by atoms with E-state index < -0.39 is 0 Å². The first-order valence-corrected chi connectivity index (χ1v) is 7.72. The van der Waals surface area contributed by atoms with Gasteiger partial charge in [0, 0.05) is 25.0 Å². The van der Waals surface area contributed by atoms with Crippen LogP contribution in [0.15, 0.2) is 42.6 Å². The quantitative estimate of drug-likeness (QED) is 0.885. The van der Waals surface area contributed by atoms with Crippen LogP contribution in [0.4, 0.5) is 0 Å². The highest BCUT2D eigenvalue weighted by molar-refractivity contribution is 5.78. The van der Waals surface area contributed by atoms with E-state index >= 15 is 0 Å². The molecule has 1 aliphatic rings. The van der Waals surface area contributed by atoms with Gasteiger partial charge in [-0.15, -0.1) is 0 Å². The molecule has 5 heteroatoms. The topological polar surface area (TPSA) is 58.2 Å². The van der Waals surface area contributed by atoms with Crippen molar-refractivity contribution in [3.05, 3.63) is 53.9 Å². The molecule has 1 aromatic carbocycles. The molecule has 1 N–H and O–H groups in total. The summed E-state index contributed by atoms with van der Waals surface area (Å²) in [5.41, 5.74) is 2.11. The van der Waals surface area contributed by atoms with E-state index in [1.54, 1.807) is 6.20 Å². The number of benzene rings is 1. The fourth-order valence-corrected chi connectivity index (χ4v) is 2.82. The Labute approximate surface area is 130 Å². The molecule has 22 heavy (non-hydrogen) atoms. The largest absolute Gasteiger partial charge is 0.379 e. The second kappa shape index (κ2) is 7.22. The molecule has 2 heterocycles. The summed E-state index contributed by atoms with van der Waals surface area (Å²) < 4.78 is 5.46. The van der Waals surface area contributed by atoms with E-state index in [0.29, 0.717) is 13.0 Å². The van der Waals surface area contributed by atoms with Gasteiger partial charge in [-0.1, -0.05) is 30.3 Å². The van der Waals surface area contributed by atoms with Crippen molar-refractivity contribution < 1.29 is 9.53 Å². The minimum absolute atomic E-state index is 0.135. The lowest BCUT2D eigenvalue weighted by Crippen LogP contribution is -2.42. The molecule has 5 nitrogen and oxygen atoms in total. The third-order valence-corrected chi connectivity index (χ3v) is 4.05. The van der Waals surface area contributed by atoms with Gasteiger partial charge >= 0.3 is 0 Å². The monoisotopic (exact) mass is 299 g/mol. The molecule has 1 saturated heterocycles. The van der Waals surface area contributed by atoms with Crippen molar-refractivity contribution in [1.29, 1.82) is 0 Å². The molecule has 0 unspecified atom stereocenters. The van der Waals surface area contributed by atoms with E-state index in [2.05, 4.69) is 22.3 Å². The molecule has 0 bridgehead atoms. The molecular formula is C17H21N3O2. The van der Waals surface area contributed by atoms with Crippen LogP contribution in [0.3, 0.4) is 0 Å². The zero-order valence-electron chi connectivity index (χ0n) is 12.6. The minimum atomic E-state index is 0.135. The molecule has 1 amide bonds. The number of hydrogen-bond acceptors (Lipinski definition) is 3. The third-order valence-electron chi connectivity index (χ3n) is 4.05. The van der Waals surface area contributed by atoms with Gasteiger partial charge in [-0.25, -0.2) is 0 Å². The van der Waals surface area contributed by atoms with E-state index in [1.165, 1.54) is 5.56 Å². The second-order valence-electron chi connectivity index (χ2n) is 5.60. The van der Waals surface area contributed by atoms with Gasteiger partial charge in [-0.3, -0.25) is 9.89 Å². The number of H-pyrrole nitrogens is 1. The Bertz CT molecular complexity index is 577. The number of nitrogens with one attached hydrogen (secondary N) is 1. The Morgan fingerprint density at radius 2 is 2.18 bits per heavy atom. The molecule has 0 saturated carbocycles. The number of ether oxygens (including phenoxy) is 1. The summed E-state index contributed by atoms with van der Waals surface area (Å²) in [4.78, 5) is 14.6. The molecule has 0 spiro atoms. The number of carbonyl (C=O) groups excluding carboxylic acids is 1. The van der Waals surface area contributed by atoms with Crippen molar-refractivity contribution in [3.8, 4) is 0 Å². The van der Waals surface area contributed by atoms with E-state index in [1.807, 2.05) is 29.2 Å². The number of aromatic amines is 1. The van der Waals surface area contributed by atoms with E-state index in [0.717, 1.165) is 31.7 Å². The number of aromatic nitrogens is 2. The Morgan fingerprint density at radius 3 is 2.86 bits per heavy atom. The lowest BCUT2D eigenvalue weighted by molar-refractivity contribution is -0.132. The SMILES string of the molecule is O=C(Cc1ccn[nH]1)N(CCc1ccccc1)[C@@H]1CCOC1. The number of carbonyl (C=O) groups is 1. The molecule has 0 radical (unpaired) electrons. The van der Waals surface area contributed by atoms with Crippen molar-refractivity contribution in [3.63, 3.8) is 0 Å². The van der Waals surface area contributed by atoms with Crippen molar-refractivity contribution >= 4 is 5.91 Å². The molecule has 1 atom stereocenters. The number of amides is 1. The van der Waals surface area contributed by atoms with Gasteiger partial charge in [0.1, 0.15) is 0 Å². The zero-order chi connectivity index (χ0) is 15.2. The van der Waals surface area contributed by atoms with Crippen LogP contribution in [0.25, 0.3) is 0 Å². The molecule has 0 aliphatic carbocycles. The van der Waals surface area contributed by atoms with Crippen LogP contribution in [0.5, 0.6) is 0 Å². The molecule has 1 fully saturated rings. The lowest BCUT2D eigenvalue weighted by atomic mass is 10.1. The average Bonchev–Trinajstić information content (AvgIpc) is 3.22. The predicted octanol–water partition coefficient (Wildman–Crippen LogP) is 1.81. The number of hydrogen-bond donors (Lipinski definition) is 1. The maximum Gasteiger partial charge on any atom is 0.228 e. The molecular weight excluding hydrogens is 278 g/mol. The fourth-order valence-electron chi connectivity index (χ4n) is 2.82. The van der Waals surface area contributed by atoms with Gasteiger partial charge < -0.3 is 9.64 Å². The summed E-state index contributed by atoms with van der Waals surface area (Å²) in [5.74, 6) is 0.135. The molecule has 3 rings (SSSR count). The Morgan fingerprint density at radius 1 is 1.32 bits per heavy atom. The summed E-state index contributed by atoms with van der Waals surface area (Å²) in [6.45, 7) is 2.11. The van der Waals surface area contributed by atoms with Crippen molar-refractivity contribution in [1.82, 2.24) is 15.1 Å². The van der Waals surface area contributed by atoms with E-state index in [9.17, 15) is 4.79 Å². The van der Waals surface area contributed by atoms with Crippen LogP contribution in [0, 0.1) is 0 Å². The van der Waals surface area contributed by atoms with Gasteiger partial charge in [0.15, 0.2) is 0 Å². The van der Waals surface area contributed by atoms with E-state index in [4.69, 9.17) is 4.74 Å². The van der Waals surface area contributed by atoms with Gasteiger partial charge in [-0.05, 0) is 24.5 Å². The highest BCUT2D eigenvalue weighted by atomic mass is 16.5. The molecule has 116 valence electrons. The predicted molar refractivity (Wildman–Crippen MR) is 83.4 cm³/mol. The van der Waals surface area contributed by atoms with Gasteiger partial charge in [0.05, 0.1) is 19.1 Å². The van der Waals surface area contributed by atoms with Crippen LogP contribution in [0.1, 0.15) is 17.7 Å². The Hall–Kier alpha value is -2.14. The summed E-state index contributed by atoms with van der Waals surface area (Å²) in [7, 11) is 0. The smallest absolute Gasteiger partial charge is 0.228 e. The van der Waals surface area contributed by atoms with Gasteiger partial charge in [-0.2, -0.15) is 5.10 Å². The average molecular weight is 299 g/mol. The zero-order valence-corrected chi connectivity index (χ0v) is 12.6. The highest BCUT2D eigenvalue weighted by Gasteiger charge is 2.27. The molecule has 2 aromatic rings. The first kappa shape index (κ1) is 14.8. The normalized spacial score (nSPS) is 17.5. The minimum Gasteiger partial charge on any atom is -0.379 e. The first-order chi connectivity index (χ1) is 10.8. The molecule has 1 aliphatic heterocycles. The maximum absolute atomic E-state index is 12.6. The van der Waals surface area contributed by atoms with Crippen molar-refractivity contribution in [2.75, 3.05) is 19.8 Å².